The minimum absolute atomic E-state index is 0.0185. The average molecular weight is 282 g/mol. The Kier molecular flexibility index (Phi) is 7.63. The van der Waals surface area contributed by atoms with Crippen LogP contribution in [-0.2, 0) is 9.59 Å². The summed E-state index contributed by atoms with van der Waals surface area (Å²) in [5.74, 6) is 0.0986. The number of piperazine rings is 1. The largest absolute Gasteiger partial charge is 0.343 e. The third-order valence-corrected chi connectivity index (χ3v) is 4.01. The Morgan fingerprint density at radius 1 is 1.00 bits per heavy atom. The van der Waals surface area contributed by atoms with Crippen molar-refractivity contribution in [3.63, 3.8) is 0 Å². The van der Waals surface area contributed by atoms with Crippen molar-refractivity contribution in [2.45, 2.75) is 84.2 Å². The Hall–Kier alpha value is -1.06. The van der Waals surface area contributed by atoms with Crippen LogP contribution in [0.25, 0.3) is 0 Å². The Labute approximate surface area is 123 Å². The van der Waals surface area contributed by atoms with Gasteiger partial charge in [-0.1, -0.05) is 52.4 Å². The van der Waals surface area contributed by atoms with Crippen LogP contribution in [0.2, 0.25) is 0 Å². The Balaban J connectivity index is 2.44. The third kappa shape index (κ3) is 4.80. The summed E-state index contributed by atoms with van der Waals surface area (Å²) in [5.41, 5.74) is 0. The average Bonchev–Trinajstić information content (AvgIpc) is 2.42. The van der Waals surface area contributed by atoms with Gasteiger partial charge in [0.05, 0.1) is 0 Å². The number of hydrogen-bond donors (Lipinski definition) is 1. The molecule has 4 heteroatoms. The first-order chi connectivity index (χ1) is 9.61. The minimum atomic E-state index is -0.365. The van der Waals surface area contributed by atoms with E-state index < -0.39 is 0 Å². The molecule has 0 saturated carbocycles. The van der Waals surface area contributed by atoms with Crippen LogP contribution in [0.4, 0.5) is 0 Å². The molecule has 2 unspecified atom stereocenters. The highest BCUT2D eigenvalue weighted by atomic mass is 16.2. The van der Waals surface area contributed by atoms with Crippen molar-refractivity contribution in [2.75, 3.05) is 6.54 Å². The maximum absolute atomic E-state index is 12.2. The lowest BCUT2D eigenvalue weighted by Crippen LogP contribution is -2.62. The first kappa shape index (κ1) is 17.0. The van der Waals surface area contributed by atoms with Crippen molar-refractivity contribution < 1.29 is 9.59 Å². The predicted octanol–water partition coefficient (Wildman–Crippen LogP) is 2.86. The fraction of sp³-hybridized carbons (Fsp3) is 0.875. The second kappa shape index (κ2) is 8.98. The van der Waals surface area contributed by atoms with Crippen molar-refractivity contribution in [3.8, 4) is 0 Å². The van der Waals surface area contributed by atoms with E-state index in [4.69, 9.17) is 0 Å². The standard InChI is InChI=1S/C16H30N2O2/c1-4-6-7-8-9-10-12-18-14(11-5-2)15(19)17-13(3)16(18)20/h13-14H,4-12H2,1-3H3,(H,17,19). The van der Waals surface area contributed by atoms with Gasteiger partial charge in [-0.2, -0.15) is 0 Å². The molecule has 0 spiro atoms. The molecule has 0 aliphatic carbocycles. The van der Waals surface area contributed by atoms with Crippen LogP contribution >= 0.6 is 0 Å². The van der Waals surface area contributed by atoms with Gasteiger partial charge in [-0.05, 0) is 19.8 Å². The van der Waals surface area contributed by atoms with Gasteiger partial charge in [0.2, 0.25) is 11.8 Å². The van der Waals surface area contributed by atoms with Crippen LogP contribution in [0.15, 0.2) is 0 Å². The molecular weight excluding hydrogens is 252 g/mol. The van der Waals surface area contributed by atoms with Crippen LogP contribution in [0, 0.1) is 0 Å². The number of carbonyl (C=O) groups excluding carboxylic acids is 2. The number of nitrogens with one attached hydrogen (secondary N) is 1. The van der Waals surface area contributed by atoms with Gasteiger partial charge < -0.3 is 10.2 Å². The molecule has 2 atom stereocenters. The molecule has 116 valence electrons. The fourth-order valence-corrected chi connectivity index (χ4v) is 2.80. The maximum atomic E-state index is 12.2. The zero-order valence-corrected chi connectivity index (χ0v) is 13.3. The van der Waals surface area contributed by atoms with Gasteiger partial charge >= 0.3 is 0 Å². The summed E-state index contributed by atoms with van der Waals surface area (Å²) in [6.07, 6.45) is 8.90. The molecule has 0 aromatic rings. The molecule has 1 aliphatic heterocycles. The molecule has 1 rings (SSSR count). The van der Waals surface area contributed by atoms with E-state index in [1.807, 2.05) is 4.90 Å². The second-order valence-corrected chi connectivity index (χ2v) is 5.83. The molecule has 1 saturated heterocycles. The monoisotopic (exact) mass is 282 g/mol. The van der Waals surface area contributed by atoms with E-state index in [1.165, 1.54) is 25.7 Å². The normalized spacial score (nSPS) is 23.1. The summed E-state index contributed by atoms with van der Waals surface area (Å²) in [5, 5.41) is 2.78. The lowest BCUT2D eigenvalue weighted by atomic mass is 10.0. The first-order valence-electron chi connectivity index (χ1n) is 8.22. The molecule has 1 aliphatic rings. The molecule has 1 heterocycles. The predicted molar refractivity (Wildman–Crippen MR) is 81.4 cm³/mol. The lowest BCUT2D eigenvalue weighted by molar-refractivity contribution is -0.149. The van der Waals surface area contributed by atoms with E-state index in [1.54, 1.807) is 6.92 Å². The smallest absolute Gasteiger partial charge is 0.245 e. The topological polar surface area (TPSA) is 49.4 Å². The SMILES string of the molecule is CCCCCCCCN1C(=O)C(C)NC(=O)C1CCC. The number of rotatable bonds is 9. The Morgan fingerprint density at radius 2 is 1.65 bits per heavy atom. The summed E-state index contributed by atoms with van der Waals surface area (Å²) in [6.45, 7) is 6.77. The van der Waals surface area contributed by atoms with Gasteiger partial charge in [-0.3, -0.25) is 9.59 Å². The van der Waals surface area contributed by atoms with E-state index in [2.05, 4.69) is 19.2 Å². The Bertz CT molecular complexity index is 318. The molecule has 2 amide bonds. The lowest BCUT2D eigenvalue weighted by Gasteiger charge is -2.38. The van der Waals surface area contributed by atoms with E-state index in [0.717, 1.165) is 32.2 Å². The van der Waals surface area contributed by atoms with Crippen molar-refractivity contribution in [1.82, 2.24) is 10.2 Å². The number of hydrogen-bond acceptors (Lipinski definition) is 2. The third-order valence-electron chi connectivity index (χ3n) is 4.01. The van der Waals surface area contributed by atoms with Gasteiger partial charge in [0.15, 0.2) is 0 Å². The van der Waals surface area contributed by atoms with Crippen molar-refractivity contribution in [1.29, 1.82) is 0 Å². The molecule has 1 fully saturated rings. The highest BCUT2D eigenvalue weighted by Gasteiger charge is 2.37. The molecule has 4 nitrogen and oxygen atoms in total. The highest BCUT2D eigenvalue weighted by Crippen LogP contribution is 2.16. The quantitative estimate of drug-likeness (QED) is 0.661. The van der Waals surface area contributed by atoms with E-state index >= 15 is 0 Å². The zero-order chi connectivity index (χ0) is 15.0. The van der Waals surface area contributed by atoms with Crippen LogP contribution in [0.3, 0.4) is 0 Å². The number of unbranched alkanes of at least 4 members (excludes halogenated alkanes) is 5. The summed E-state index contributed by atoms with van der Waals surface area (Å²) < 4.78 is 0. The molecule has 0 radical (unpaired) electrons. The van der Waals surface area contributed by atoms with E-state index in [9.17, 15) is 9.59 Å². The summed E-state index contributed by atoms with van der Waals surface area (Å²) in [6, 6.07) is -0.616. The molecule has 0 aromatic carbocycles. The van der Waals surface area contributed by atoms with Crippen molar-refractivity contribution in [3.05, 3.63) is 0 Å². The summed E-state index contributed by atoms with van der Waals surface area (Å²) >= 11 is 0. The summed E-state index contributed by atoms with van der Waals surface area (Å²) in [7, 11) is 0. The van der Waals surface area contributed by atoms with Crippen molar-refractivity contribution >= 4 is 11.8 Å². The van der Waals surface area contributed by atoms with Gasteiger partial charge in [-0.15, -0.1) is 0 Å². The fourth-order valence-electron chi connectivity index (χ4n) is 2.80. The number of amides is 2. The van der Waals surface area contributed by atoms with Crippen LogP contribution in [-0.4, -0.2) is 35.3 Å². The molecule has 1 N–H and O–H groups in total. The minimum Gasteiger partial charge on any atom is -0.343 e. The second-order valence-electron chi connectivity index (χ2n) is 5.83. The van der Waals surface area contributed by atoms with E-state index in [0.29, 0.717) is 0 Å². The number of nitrogens with zero attached hydrogens (tertiary/aromatic N) is 1. The molecular formula is C16H30N2O2. The van der Waals surface area contributed by atoms with Gasteiger partial charge in [0.25, 0.3) is 0 Å². The highest BCUT2D eigenvalue weighted by molar-refractivity contribution is 5.96. The van der Waals surface area contributed by atoms with Gasteiger partial charge in [0, 0.05) is 6.54 Å². The van der Waals surface area contributed by atoms with Gasteiger partial charge in [0.1, 0.15) is 12.1 Å². The van der Waals surface area contributed by atoms with Crippen LogP contribution in [0.5, 0.6) is 0 Å². The van der Waals surface area contributed by atoms with Crippen LogP contribution < -0.4 is 5.32 Å². The van der Waals surface area contributed by atoms with Crippen LogP contribution in [0.1, 0.15) is 72.1 Å². The summed E-state index contributed by atoms with van der Waals surface area (Å²) in [4.78, 5) is 26.1. The molecule has 0 aromatic heterocycles. The maximum Gasteiger partial charge on any atom is 0.245 e. The first-order valence-corrected chi connectivity index (χ1v) is 8.22. The van der Waals surface area contributed by atoms with E-state index in [-0.39, 0.29) is 23.9 Å². The molecule has 0 bridgehead atoms. The van der Waals surface area contributed by atoms with Crippen molar-refractivity contribution in [2.24, 2.45) is 0 Å². The number of carbonyl (C=O) groups is 2. The zero-order valence-electron chi connectivity index (χ0n) is 13.3. The van der Waals surface area contributed by atoms with Gasteiger partial charge in [-0.25, -0.2) is 0 Å². The Morgan fingerprint density at radius 3 is 2.30 bits per heavy atom. The molecule has 20 heavy (non-hydrogen) atoms.